The van der Waals surface area contributed by atoms with E-state index in [1.807, 2.05) is 19.1 Å². The van der Waals surface area contributed by atoms with Gasteiger partial charge in [0.1, 0.15) is 0 Å². The summed E-state index contributed by atoms with van der Waals surface area (Å²) in [6, 6.07) is 6.11. The van der Waals surface area contributed by atoms with Crippen LogP contribution in [0.4, 0.5) is 0 Å². The van der Waals surface area contributed by atoms with E-state index in [1.165, 1.54) is 18.4 Å². The highest BCUT2D eigenvalue weighted by Crippen LogP contribution is 2.18. The van der Waals surface area contributed by atoms with E-state index < -0.39 is 11.1 Å². The first-order chi connectivity index (χ1) is 7.65. The minimum atomic E-state index is -1.74. The first-order valence-electron chi connectivity index (χ1n) is 5.80. The lowest BCUT2D eigenvalue weighted by Gasteiger charge is -2.10. The van der Waals surface area contributed by atoms with E-state index in [4.69, 9.17) is 4.55 Å². The first-order valence-corrected chi connectivity index (χ1v) is 7.07. The molecule has 3 heteroatoms. The van der Waals surface area contributed by atoms with Crippen LogP contribution in [0, 0.1) is 6.92 Å². The van der Waals surface area contributed by atoms with Crippen LogP contribution in [0.2, 0.25) is 0 Å². The highest BCUT2D eigenvalue weighted by atomic mass is 32.2. The van der Waals surface area contributed by atoms with Gasteiger partial charge in [-0.2, -0.15) is 0 Å². The fourth-order valence-electron chi connectivity index (χ4n) is 1.89. The van der Waals surface area contributed by atoms with Crippen molar-refractivity contribution in [2.75, 3.05) is 0 Å². The Balaban J connectivity index is 2.80. The van der Waals surface area contributed by atoms with Crippen LogP contribution in [0.5, 0.6) is 0 Å². The molecular formula is C13H20O2S. The predicted octanol–water partition coefficient (Wildman–Crippen LogP) is 3.45. The van der Waals surface area contributed by atoms with Crippen molar-refractivity contribution in [2.45, 2.75) is 45.3 Å². The summed E-state index contributed by atoms with van der Waals surface area (Å²) in [5.74, 6) is 0.258. The number of rotatable bonds is 6. The molecule has 1 atom stereocenters. The molecule has 1 unspecified atom stereocenters. The molecule has 0 heterocycles. The van der Waals surface area contributed by atoms with Crippen molar-refractivity contribution in [3.05, 3.63) is 34.9 Å². The summed E-state index contributed by atoms with van der Waals surface area (Å²) in [6.45, 7) is 4.19. The Morgan fingerprint density at radius 2 is 2.06 bits per heavy atom. The third-order valence-electron chi connectivity index (χ3n) is 2.82. The highest BCUT2D eigenvalue weighted by molar-refractivity contribution is 7.78. The second-order valence-electron chi connectivity index (χ2n) is 4.14. The first kappa shape index (κ1) is 13.4. The van der Waals surface area contributed by atoms with E-state index in [9.17, 15) is 4.21 Å². The Labute approximate surface area is 100 Å². The summed E-state index contributed by atoms with van der Waals surface area (Å²) in [5, 5.41) is 0. The van der Waals surface area contributed by atoms with E-state index in [1.54, 1.807) is 0 Å². The Morgan fingerprint density at radius 1 is 1.31 bits per heavy atom. The third-order valence-corrected chi connectivity index (χ3v) is 3.36. The Morgan fingerprint density at radius 3 is 2.69 bits per heavy atom. The smallest absolute Gasteiger partial charge is 0.157 e. The Hall–Kier alpha value is -0.670. The van der Waals surface area contributed by atoms with Gasteiger partial charge in [0.25, 0.3) is 0 Å². The molecule has 0 saturated carbocycles. The van der Waals surface area contributed by atoms with Crippen LogP contribution in [-0.2, 0) is 23.3 Å². The van der Waals surface area contributed by atoms with Crippen molar-refractivity contribution >= 4 is 11.1 Å². The monoisotopic (exact) mass is 240 g/mol. The quantitative estimate of drug-likeness (QED) is 0.611. The van der Waals surface area contributed by atoms with Gasteiger partial charge in [0.05, 0.1) is 5.75 Å². The van der Waals surface area contributed by atoms with E-state index in [-0.39, 0.29) is 5.75 Å². The van der Waals surface area contributed by atoms with E-state index in [0.29, 0.717) is 0 Å². The van der Waals surface area contributed by atoms with E-state index in [2.05, 4.69) is 13.0 Å². The minimum absolute atomic E-state index is 0.258. The van der Waals surface area contributed by atoms with Gasteiger partial charge in [0, 0.05) is 0 Å². The van der Waals surface area contributed by atoms with E-state index >= 15 is 0 Å². The molecule has 0 aliphatic carbocycles. The van der Waals surface area contributed by atoms with Crippen molar-refractivity contribution in [3.8, 4) is 0 Å². The molecule has 0 bridgehead atoms. The van der Waals surface area contributed by atoms with Crippen LogP contribution in [0.15, 0.2) is 18.2 Å². The average Bonchev–Trinajstić information content (AvgIpc) is 2.23. The number of hydrogen-bond acceptors (Lipinski definition) is 1. The maximum atomic E-state index is 10.9. The number of hydrogen-bond donors (Lipinski definition) is 1. The molecule has 2 nitrogen and oxygen atoms in total. The zero-order valence-corrected chi connectivity index (χ0v) is 10.8. The van der Waals surface area contributed by atoms with Gasteiger partial charge in [-0.05, 0) is 36.5 Å². The average molecular weight is 240 g/mol. The molecule has 0 spiro atoms. The SMILES string of the molecule is CCCCCc1cccc(C)c1CS(=O)O. The molecule has 0 saturated heterocycles. The lowest BCUT2D eigenvalue weighted by molar-refractivity contribution is 0.563. The van der Waals surface area contributed by atoms with Crippen LogP contribution >= 0.6 is 0 Å². The van der Waals surface area contributed by atoms with Gasteiger partial charge in [-0.3, -0.25) is 0 Å². The van der Waals surface area contributed by atoms with Crippen molar-refractivity contribution in [2.24, 2.45) is 0 Å². The molecule has 0 radical (unpaired) electrons. The summed E-state index contributed by atoms with van der Waals surface area (Å²) in [7, 11) is 0. The standard InChI is InChI=1S/C13H20O2S/c1-3-4-5-8-12-9-6-7-11(2)13(12)10-16(14)15/h6-7,9H,3-5,8,10H2,1-2H3,(H,14,15). The second-order valence-corrected chi connectivity index (χ2v) is 5.07. The van der Waals surface area contributed by atoms with Crippen molar-refractivity contribution < 1.29 is 8.76 Å². The minimum Gasteiger partial charge on any atom is -0.306 e. The molecule has 1 aromatic carbocycles. The Bertz CT molecular complexity index is 361. The Kier molecular flexibility index (Phi) is 5.71. The van der Waals surface area contributed by atoms with Gasteiger partial charge in [-0.15, -0.1) is 0 Å². The maximum absolute atomic E-state index is 10.9. The third kappa shape index (κ3) is 4.06. The van der Waals surface area contributed by atoms with Crippen LogP contribution in [-0.4, -0.2) is 8.76 Å². The topological polar surface area (TPSA) is 37.3 Å². The molecule has 0 aliphatic rings. The molecular weight excluding hydrogens is 220 g/mol. The molecule has 90 valence electrons. The van der Waals surface area contributed by atoms with Crippen LogP contribution in [0.25, 0.3) is 0 Å². The lowest BCUT2D eigenvalue weighted by atomic mass is 9.98. The summed E-state index contributed by atoms with van der Waals surface area (Å²) >= 11 is -1.74. The van der Waals surface area contributed by atoms with Gasteiger partial charge in [0.15, 0.2) is 11.1 Å². The van der Waals surface area contributed by atoms with Crippen LogP contribution in [0.3, 0.4) is 0 Å². The normalized spacial score (nSPS) is 12.7. The number of benzene rings is 1. The summed E-state index contributed by atoms with van der Waals surface area (Å²) < 4.78 is 19.9. The fourth-order valence-corrected chi connectivity index (χ4v) is 2.55. The van der Waals surface area contributed by atoms with Gasteiger partial charge in [-0.1, -0.05) is 38.0 Å². The fraction of sp³-hybridized carbons (Fsp3) is 0.538. The number of unbranched alkanes of at least 4 members (excludes halogenated alkanes) is 2. The molecule has 0 aliphatic heterocycles. The van der Waals surface area contributed by atoms with Crippen molar-refractivity contribution in [1.29, 1.82) is 0 Å². The largest absolute Gasteiger partial charge is 0.306 e. The summed E-state index contributed by atoms with van der Waals surface area (Å²) in [5.41, 5.74) is 3.41. The molecule has 1 N–H and O–H groups in total. The molecule has 16 heavy (non-hydrogen) atoms. The molecule has 0 amide bonds. The molecule has 0 aromatic heterocycles. The molecule has 1 aromatic rings. The van der Waals surface area contributed by atoms with Crippen molar-refractivity contribution in [3.63, 3.8) is 0 Å². The lowest BCUT2D eigenvalue weighted by Crippen LogP contribution is -2.01. The van der Waals surface area contributed by atoms with Gasteiger partial charge in [0.2, 0.25) is 0 Å². The van der Waals surface area contributed by atoms with Gasteiger partial charge >= 0.3 is 0 Å². The zero-order valence-electron chi connectivity index (χ0n) is 10.0. The van der Waals surface area contributed by atoms with Crippen LogP contribution < -0.4 is 0 Å². The van der Waals surface area contributed by atoms with Gasteiger partial charge in [-0.25, -0.2) is 4.21 Å². The van der Waals surface area contributed by atoms with E-state index in [0.717, 1.165) is 24.0 Å². The summed E-state index contributed by atoms with van der Waals surface area (Å²) in [6.07, 6.45) is 4.59. The summed E-state index contributed by atoms with van der Waals surface area (Å²) in [4.78, 5) is 0. The predicted molar refractivity (Wildman–Crippen MR) is 68.9 cm³/mol. The molecule has 0 fully saturated rings. The van der Waals surface area contributed by atoms with Gasteiger partial charge < -0.3 is 4.55 Å². The zero-order chi connectivity index (χ0) is 12.0. The highest BCUT2D eigenvalue weighted by Gasteiger charge is 2.07. The maximum Gasteiger partial charge on any atom is 0.157 e. The van der Waals surface area contributed by atoms with Crippen LogP contribution in [0.1, 0.15) is 42.9 Å². The molecule has 1 rings (SSSR count). The number of aryl methyl sites for hydroxylation is 2. The van der Waals surface area contributed by atoms with Crippen molar-refractivity contribution in [1.82, 2.24) is 0 Å². The second kappa shape index (κ2) is 6.81.